The van der Waals surface area contributed by atoms with Crippen molar-refractivity contribution >= 4 is 36.9 Å². The van der Waals surface area contributed by atoms with Gasteiger partial charge in [0.25, 0.3) is 10.0 Å². The molecule has 154 valence electrons. The number of hydrogen-bond acceptors (Lipinski definition) is 3. The van der Waals surface area contributed by atoms with Crippen LogP contribution in [0.15, 0.2) is 70.2 Å². The number of nitrogens with zero attached hydrogens (tertiary/aromatic N) is 1. The SMILES string of the molecule is Cc1ccc(S(=O)(=O)n2ccc3c(C)c(Oc4ccc(F)c(Br)c4)c(F)cc32)cc1. The molecule has 4 aromatic rings. The van der Waals surface area contributed by atoms with E-state index in [2.05, 4.69) is 15.9 Å². The van der Waals surface area contributed by atoms with Crippen LogP contribution in [0.4, 0.5) is 8.78 Å². The summed E-state index contributed by atoms with van der Waals surface area (Å²) in [6, 6.07) is 13.2. The third kappa shape index (κ3) is 3.50. The van der Waals surface area contributed by atoms with Crippen LogP contribution in [0.25, 0.3) is 10.9 Å². The van der Waals surface area contributed by atoms with Crippen molar-refractivity contribution < 1.29 is 21.9 Å². The average molecular weight is 492 g/mol. The molecular weight excluding hydrogens is 476 g/mol. The van der Waals surface area contributed by atoms with Gasteiger partial charge in [0.2, 0.25) is 0 Å². The first-order chi connectivity index (χ1) is 14.2. The zero-order valence-corrected chi connectivity index (χ0v) is 18.4. The van der Waals surface area contributed by atoms with Gasteiger partial charge in [-0.05, 0) is 66.2 Å². The van der Waals surface area contributed by atoms with Gasteiger partial charge in [0.05, 0.1) is 14.9 Å². The maximum atomic E-state index is 14.9. The van der Waals surface area contributed by atoms with Crippen molar-refractivity contribution in [1.29, 1.82) is 0 Å². The molecule has 4 rings (SSSR count). The number of aryl methyl sites for hydroxylation is 2. The molecule has 0 radical (unpaired) electrons. The first-order valence-electron chi connectivity index (χ1n) is 8.94. The van der Waals surface area contributed by atoms with E-state index < -0.39 is 21.7 Å². The van der Waals surface area contributed by atoms with Gasteiger partial charge in [-0.3, -0.25) is 0 Å². The maximum Gasteiger partial charge on any atom is 0.268 e. The summed E-state index contributed by atoms with van der Waals surface area (Å²) in [5.74, 6) is -0.990. The Balaban J connectivity index is 1.81. The van der Waals surface area contributed by atoms with Crippen LogP contribution in [0.3, 0.4) is 0 Å². The van der Waals surface area contributed by atoms with Crippen LogP contribution in [0, 0.1) is 25.5 Å². The zero-order valence-electron chi connectivity index (χ0n) is 16.0. The average Bonchev–Trinajstić information content (AvgIpc) is 3.13. The predicted octanol–water partition coefficient (Wildman–Crippen LogP) is 6.33. The van der Waals surface area contributed by atoms with Crippen molar-refractivity contribution in [3.8, 4) is 11.5 Å². The Kier molecular flexibility index (Phi) is 5.15. The van der Waals surface area contributed by atoms with Gasteiger partial charge in [0, 0.05) is 23.2 Å². The standard InChI is InChI=1S/C22H16BrF2NO3S/c1-13-3-6-16(7-4-13)30(27,28)26-10-9-17-14(2)22(20(25)12-21(17)26)29-15-5-8-19(24)18(23)11-15/h3-12H,1-2H3. The van der Waals surface area contributed by atoms with E-state index in [9.17, 15) is 17.2 Å². The van der Waals surface area contributed by atoms with E-state index in [1.807, 2.05) is 6.92 Å². The van der Waals surface area contributed by atoms with Crippen molar-refractivity contribution in [3.63, 3.8) is 0 Å². The molecular formula is C22H16BrF2NO3S. The fourth-order valence-corrected chi connectivity index (χ4v) is 4.89. The van der Waals surface area contributed by atoms with Gasteiger partial charge in [0.15, 0.2) is 11.6 Å². The van der Waals surface area contributed by atoms with Crippen LogP contribution < -0.4 is 4.74 Å². The first-order valence-corrected chi connectivity index (χ1v) is 11.2. The molecule has 0 spiro atoms. The molecule has 0 saturated heterocycles. The number of fused-ring (bicyclic) bond motifs is 1. The highest BCUT2D eigenvalue weighted by atomic mass is 79.9. The van der Waals surface area contributed by atoms with Gasteiger partial charge >= 0.3 is 0 Å². The van der Waals surface area contributed by atoms with E-state index in [-0.39, 0.29) is 26.4 Å². The van der Waals surface area contributed by atoms with Gasteiger partial charge in [-0.2, -0.15) is 0 Å². The molecule has 30 heavy (non-hydrogen) atoms. The molecule has 0 bridgehead atoms. The zero-order chi connectivity index (χ0) is 21.6. The molecule has 0 saturated carbocycles. The fraction of sp³-hybridized carbons (Fsp3) is 0.0909. The van der Waals surface area contributed by atoms with Gasteiger partial charge in [-0.15, -0.1) is 0 Å². The minimum absolute atomic E-state index is 0.0495. The molecule has 4 nitrogen and oxygen atoms in total. The molecule has 0 aliphatic carbocycles. The summed E-state index contributed by atoms with van der Waals surface area (Å²) in [6.07, 6.45) is 1.39. The third-order valence-electron chi connectivity index (χ3n) is 4.80. The minimum Gasteiger partial charge on any atom is -0.454 e. The van der Waals surface area contributed by atoms with Gasteiger partial charge in [0.1, 0.15) is 11.6 Å². The minimum atomic E-state index is -3.89. The third-order valence-corrected chi connectivity index (χ3v) is 7.12. The second-order valence-corrected chi connectivity index (χ2v) is 9.52. The quantitative estimate of drug-likeness (QED) is 0.335. The lowest BCUT2D eigenvalue weighted by molar-refractivity contribution is 0.438. The Morgan fingerprint density at radius 3 is 2.30 bits per heavy atom. The Bertz CT molecular complexity index is 1380. The van der Waals surface area contributed by atoms with Crippen molar-refractivity contribution in [1.82, 2.24) is 3.97 Å². The Morgan fingerprint density at radius 2 is 1.63 bits per heavy atom. The lowest BCUT2D eigenvalue weighted by atomic mass is 10.1. The van der Waals surface area contributed by atoms with E-state index >= 15 is 0 Å². The van der Waals surface area contributed by atoms with Crippen LogP contribution in [0.2, 0.25) is 0 Å². The highest BCUT2D eigenvalue weighted by Gasteiger charge is 2.22. The summed E-state index contributed by atoms with van der Waals surface area (Å²) in [5, 5.41) is 0.531. The number of rotatable bonds is 4. The summed E-state index contributed by atoms with van der Waals surface area (Å²) >= 11 is 3.07. The van der Waals surface area contributed by atoms with E-state index in [1.54, 1.807) is 25.1 Å². The molecule has 0 N–H and O–H groups in total. The number of halogens is 3. The predicted molar refractivity (Wildman–Crippen MR) is 115 cm³/mol. The molecule has 0 atom stereocenters. The maximum absolute atomic E-state index is 14.9. The van der Waals surface area contributed by atoms with Crippen LogP contribution in [-0.2, 0) is 10.0 Å². The summed E-state index contributed by atoms with van der Waals surface area (Å²) in [5.41, 5.74) is 1.57. The fourth-order valence-electron chi connectivity index (χ4n) is 3.19. The Hall–Kier alpha value is -2.71. The van der Waals surface area contributed by atoms with E-state index in [1.165, 1.54) is 36.5 Å². The second-order valence-electron chi connectivity index (χ2n) is 6.85. The number of hydrogen-bond donors (Lipinski definition) is 0. The monoisotopic (exact) mass is 491 g/mol. The normalized spacial score (nSPS) is 11.8. The summed E-state index contributed by atoms with van der Waals surface area (Å²) in [4.78, 5) is 0.111. The van der Waals surface area contributed by atoms with E-state index in [0.717, 1.165) is 15.6 Å². The summed E-state index contributed by atoms with van der Waals surface area (Å²) < 4.78 is 61.4. The molecule has 1 aromatic heterocycles. The Labute approximate surface area is 180 Å². The number of aromatic nitrogens is 1. The van der Waals surface area contributed by atoms with Crippen molar-refractivity contribution in [2.75, 3.05) is 0 Å². The molecule has 0 aliphatic heterocycles. The number of benzene rings is 3. The second kappa shape index (κ2) is 7.52. The van der Waals surface area contributed by atoms with Gasteiger partial charge in [-0.25, -0.2) is 21.2 Å². The van der Waals surface area contributed by atoms with E-state index in [4.69, 9.17) is 4.74 Å². The smallest absolute Gasteiger partial charge is 0.268 e. The summed E-state index contributed by atoms with van der Waals surface area (Å²) in [6.45, 7) is 3.50. The lowest BCUT2D eigenvalue weighted by Crippen LogP contribution is -2.12. The first kappa shape index (κ1) is 20.6. The lowest BCUT2D eigenvalue weighted by Gasteiger charge is -2.13. The van der Waals surface area contributed by atoms with Crippen molar-refractivity contribution in [2.45, 2.75) is 18.7 Å². The molecule has 0 fully saturated rings. The molecule has 0 aliphatic rings. The van der Waals surface area contributed by atoms with Crippen molar-refractivity contribution in [2.24, 2.45) is 0 Å². The largest absolute Gasteiger partial charge is 0.454 e. The molecule has 1 heterocycles. The van der Waals surface area contributed by atoms with E-state index in [0.29, 0.717) is 10.9 Å². The topological polar surface area (TPSA) is 48.3 Å². The summed E-state index contributed by atoms with van der Waals surface area (Å²) in [7, 11) is -3.89. The van der Waals surface area contributed by atoms with Crippen LogP contribution >= 0.6 is 15.9 Å². The highest BCUT2D eigenvalue weighted by molar-refractivity contribution is 9.10. The van der Waals surface area contributed by atoms with Crippen LogP contribution in [0.5, 0.6) is 11.5 Å². The van der Waals surface area contributed by atoms with Gasteiger partial charge in [-0.1, -0.05) is 17.7 Å². The Morgan fingerprint density at radius 1 is 0.933 bits per heavy atom. The molecule has 8 heteroatoms. The van der Waals surface area contributed by atoms with Crippen molar-refractivity contribution in [3.05, 3.63) is 88.0 Å². The molecule has 3 aromatic carbocycles. The number of ether oxygens (including phenoxy) is 1. The van der Waals surface area contributed by atoms with Gasteiger partial charge < -0.3 is 4.74 Å². The van der Waals surface area contributed by atoms with Crippen LogP contribution in [-0.4, -0.2) is 12.4 Å². The molecule has 0 amide bonds. The van der Waals surface area contributed by atoms with Crippen LogP contribution in [0.1, 0.15) is 11.1 Å². The molecule has 0 unspecified atom stereocenters. The highest BCUT2D eigenvalue weighted by Crippen LogP contribution is 2.36.